The number of amides is 3. The molecular weight excluding hydrogens is 294 g/mol. The number of hydrogen-bond acceptors (Lipinski definition) is 3. The molecule has 1 aliphatic rings. The number of primary amides is 1. The summed E-state index contributed by atoms with van der Waals surface area (Å²) in [7, 11) is 0. The van der Waals surface area contributed by atoms with Crippen LogP contribution in [0.4, 0.5) is 11.4 Å². The van der Waals surface area contributed by atoms with E-state index in [1.165, 1.54) is 0 Å². The fraction of sp³-hybridized carbons (Fsp3) is 0.118. The summed E-state index contributed by atoms with van der Waals surface area (Å²) >= 11 is 0. The molecule has 1 aliphatic heterocycles. The van der Waals surface area contributed by atoms with E-state index in [9.17, 15) is 14.4 Å². The van der Waals surface area contributed by atoms with Crippen LogP contribution in [0.1, 0.15) is 21.5 Å². The van der Waals surface area contributed by atoms with Gasteiger partial charge in [-0.3, -0.25) is 14.4 Å². The molecule has 2 aromatic carbocycles. The summed E-state index contributed by atoms with van der Waals surface area (Å²) in [5.41, 5.74) is 8.43. The number of anilines is 2. The minimum atomic E-state index is -0.594. The minimum absolute atomic E-state index is 0.0445. The van der Waals surface area contributed by atoms with Gasteiger partial charge >= 0.3 is 0 Å². The van der Waals surface area contributed by atoms with E-state index in [0.717, 1.165) is 16.8 Å². The largest absolute Gasteiger partial charge is 0.366 e. The molecule has 3 amide bonds. The number of fused-ring (bicyclic) bond motifs is 1. The molecule has 0 saturated carbocycles. The summed E-state index contributed by atoms with van der Waals surface area (Å²) in [4.78, 5) is 34.9. The number of para-hydroxylation sites is 1. The Labute approximate surface area is 132 Å². The maximum atomic E-state index is 12.2. The minimum Gasteiger partial charge on any atom is -0.366 e. The first-order valence-corrected chi connectivity index (χ1v) is 7.13. The van der Waals surface area contributed by atoms with Crippen LogP contribution in [0.25, 0.3) is 0 Å². The van der Waals surface area contributed by atoms with E-state index in [2.05, 4.69) is 10.6 Å². The van der Waals surface area contributed by atoms with Gasteiger partial charge < -0.3 is 16.4 Å². The van der Waals surface area contributed by atoms with Gasteiger partial charge in [-0.05, 0) is 29.3 Å². The number of nitrogens with one attached hydrogen (secondary N) is 2. The van der Waals surface area contributed by atoms with Gasteiger partial charge in [0.15, 0.2) is 0 Å². The first-order chi connectivity index (χ1) is 11.0. The smallest absolute Gasteiger partial charge is 0.250 e. The third kappa shape index (κ3) is 3.21. The normalized spacial score (nSPS) is 12.4. The van der Waals surface area contributed by atoms with E-state index in [4.69, 9.17) is 5.73 Å². The topological polar surface area (TPSA) is 101 Å². The van der Waals surface area contributed by atoms with Gasteiger partial charge in [0.05, 0.1) is 24.1 Å². The highest BCUT2D eigenvalue weighted by atomic mass is 16.2. The maximum absolute atomic E-state index is 12.2. The van der Waals surface area contributed by atoms with Gasteiger partial charge in [0.2, 0.25) is 11.8 Å². The predicted molar refractivity (Wildman–Crippen MR) is 86.1 cm³/mol. The average molecular weight is 309 g/mol. The van der Waals surface area contributed by atoms with Crippen LogP contribution < -0.4 is 16.4 Å². The number of rotatable bonds is 4. The number of carbonyl (C=O) groups is 3. The standard InChI is InChI=1S/C17H15N3O3/c18-17(23)12-3-1-2-4-14(12)20-15(21)8-10-5-6-13-11(7-10)9-16(22)19-13/h1-7H,8-9H2,(H2,18,23)(H,19,22)(H,20,21). The Morgan fingerprint density at radius 2 is 1.96 bits per heavy atom. The van der Waals surface area contributed by atoms with Gasteiger partial charge in [0.25, 0.3) is 5.91 Å². The highest BCUT2D eigenvalue weighted by Gasteiger charge is 2.18. The monoisotopic (exact) mass is 309 g/mol. The number of benzene rings is 2. The first-order valence-electron chi connectivity index (χ1n) is 7.13. The van der Waals surface area contributed by atoms with Crippen molar-refractivity contribution >= 4 is 29.1 Å². The third-order valence-electron chi connectivity index (χ3n) is 3.63. The van der Waals surface area contributed by atoms with Crippen molar-refractivity contribution < 1.29 is 14.4 Å². The zero-order valence-corrected chi connectivity index (χ0v) is 12.3. The average Bonchev–Trinajstić information content (AvgIpc) is 2.86. The van der Waals surface area contributed by atoms with Crippen molar-refractivity contribution in [2.24, 2.45) is 5.73 Å². The van der Waals surface area contributed by atoms with Crippen LogP contribution in [0.2, 0.25) is 0 Å². The van der Waals surface area contributed by atoms with E-state index < -0.39 is 5.91 Å². The van der Waals surface area contributed by atoms with Crippen molar-refractivity contribution in [1.82, 2.24) is 0 Å². The summed E-state index contributed by atoms with van der Waals surface area (Å²) in [6.07, 6.45) is 0.476. The van der Waals surface area contributed by atoms with Gasteiger partial charge in [0.1, 0.15) is 0 Å². The van der Waals surface area contributed by atoms with Crippen LogP contribution in [-0.4, -0.2) is 17.7 Å². The molecule has 116 valence electrons. The molecule has 0 aliphatic carbocycles. The Hall–Kier alpha value is -3.15. The molecule has 1 heterocycles. The molecule has 0 unspecified atom stereocenters. The zero-order chi connectivity index (χ0) is 16.4. The second kappa shape index (κ2) is 5.92. The van der Waals surface area contributed by atoms with Crippen LogP contribution in [0.5, 0.6) is 0 Å². The van der Waals surface area contributed by atoms with E-state index in [-0.39, 0.29) is 23.8 Å². The molecule has 23 heavy (non-hydrogen) atoms. The van der Waals surface area contributed by atoms with Crippen LogP contribution >= 0.6 is 0 Å². The van der Waals surface area contributed by atoms with Gasteiger partial charge in [-0.1, -0.05) is 24.3 Å². The van der Waals surface area contributed by atoms with Crippen molar-refractivity contribution in [3.05, 3.63) is 59.2 Å². The molecule has 2 aromatic rings. The summed E-state index contributed by atoms with van der Waals surface area (Å²) < 4.78 is 0. The summed E-state index contributed by atoms with van der Waals surface area (Å²) in [6.45, 7) is 0. The molecule has 0 radical (unpaired) electrons. The Kier molecular flexibility index (Phi) is 3.80. The quantitative estimate of drug-likeness (QED) is 0.797. The van der Waals surface area contributed by atoms with Crippen LogP contribution in [0, 0.1) is 0 Å². The SMILES string of the molecule is NC(=O)c1ccccc1NC(=O)Cc1ccc2c(c1)CC(=O)N2. The molecule has 6 nitrogen and oxygen atoms in total. The molecule has 0 fully saturated rings. The Balaban J connectivity index is 1.72. The van der Waals surface area contributed by atoms with E-state index >= 15 is 0 Å². The molecule has 0 spiro atoms. The lowest BCUT2D eigenvalue weighted by Gasteiger charge is -2.09. The van der Waals surface area contributed by atoms with E-state index in [1.54, 1.807) is 36.4 Å². The molecule has 3 rings (SSSR count). The van der Waals surface area contributed by atoms with Crippen LogP contribution in [0.3, 0.4) is 0 Å². The summed E-state index contributed by atoms with van der Waals surface area (Å²) in [5, 5.41) is 5.44. The van der Waals surface area contributed by atoms with Crippen molar-refractivity contribution in [3.63, 3.8) is 0 Å². The van der Waals surface area contributed by atoms with Crippen molar-refractivity contribution in [2.45, 2.75) is 12.8 Å². The number of nitrogens with two attached hydrogens (primary N) is 1. The Morgan fingerprint density at radius 1 is 1.17 bits per heavy atom. The van der Waals surface area contributed by atoms with Gasteiger partial charge in [-0.2, -0.15) is 0 Å². The van der Waals surface area contributed by atoms with Crippen molar-refractivity contribution in [3.8, 4) is 0 Å². The molecule has 0 aromatic heterocycles. The lowest BCUT2D eigenvalue weighted by molar-refractivity contribution is -0.116. The Morgan fingerprint density at radius 3 is 2.74 bits per heavy atom. The third-order valence-corrected chi connectivity index (χ3v) is 3.63. The maximum Gasteiger partial charge on any atom is 0.250 e. The van der Waals surface area contributed by atoms with Crippen molar-refractivity contribution in [2.75, 3.05) is 10.6 Å². The fourth-order valence-corrected chi connectivity index (χ4v) is 2.58. The highest BCUT2D eigenvalue weighted by Crippen LogP contribution is 2.24. The fourth-order valence-electron chi connectivity index (χ4n) is 2.58. The molecule has 0 bridgehead atoms. The lowest BCUT2D eigenvalue weighted by Crippen LogP contribution is -2.19. The van der Waals surface area contributed by atoms with Gasteiger partial charge in [0, 0.05) is 5.69 Å². The van der Waals surface area contributed by atoms with Crippen LogP contribution in [0.15, 0.2) is 42.5 Å². The molecular formula is C17H15N3O3. The second-order valence-electron chi connectivity index (χ2n) is 5.35. The van der Waals surface area contributed by atoms with E-state index in [0.29, 0.717) is 12.1 Å². The number of carbonyl (C=O) groups excluding carboxylic acids is 3. The van der Waals surface area contributed by atoms with E-state index in [1.807, 2.05) is 6.07 Å². The van der Waals surface area contributed by atoms with Crippen LogP contribution in [-0.2, 0) is 22.4 Å². The first kappa shape index (κ1) is 14.8. The lowest BCUT2D eigenvalue weighted by atomic mass is 10.1. The molecule has 0 atom stereocenters. The zero-order valence-electron chi connectivity index (χ0n) is 12.3. The molecule has 6 heteroatoms. The summed E-state index contributed by atoms with van der Waals surface area (Å²) in [5.74, 6) is -0.893. The molecule has 0 saturated heterocycles. The highest BCUT2D eigenvalue weighted by molar-refractivity contribution is 6.03. The Bertz CT molecular complexity index is 814. The summed E-state index contributed by atoms with van der Waals surface area (Å²) in [6, 6.07) is 12.0. The molecule has 4 N–H and O–H groups in total. The second-order valence-corrected chi connectivity index (χ2v) is 5.35. The number of hydrogen-bond donors (Lipinski definition) is 3. The van der Waals surface area contributed by atoms with Gasteiger partial charge in [-0.15, -0.1) is 0 Å². The van der Waals surface area contributed by atoms with Gasteiger partial charge in [-0.25, -0.2) is 0 Å². The predicted octanol–water partition coefficient (Wildman–Crippen LogP) is 1.46. The van der Waals surface area contributed by atoms with Crippen molar-refractivity contribution in [1.29, 1.82) is 0 Å².